The average molecular weight is 899 g/mol. The van der Waals surface area contributed by atoms with Gasteiger partial charge in [-0.3, -0.25) is 0 Å². The highest BCUT2D eigenvalue weighted by atomic mass is 15.1. The van der Waals surface area contributed by atoms with Gasteiger partial charge in [0.15, 0.2) is 0 Å². The second kappa shape index (κ2) is 16.4. The van der Waals surface area contributed by atoms with Gasteiger partial charge in [-0.1, -0.05) is 190 Å². The van der Waals surface area contributed by atoms with Crippen molar-refractivity contribution in [3.63, 3.8) is 0 Å². The quantitative estimate of drug-likeness (QED) is 0.140. The van der Waals surface area contributed by atoms with Crippen LogP contribution in [0.25, 0.3) is 65.7 Å². The number of para-hydroxylation sites is 1. The Morgan fingerprint density at radius 1 is 0.386 bits per heavy atom. The van der Waals surface area contributed by atoms with Crippen LogP contribution in [-0.4, -0.2) is 0 Å². The van der Waals surface area contributed by atoms with Crippen LogP contribution < -0.4 is 9.80 Å². The number of hydrogen-bond donors (Lipinski definition) is 0. The SMILES string of the molecule is CC1CC2CCCC(C2)C12c1ccccc1-c1cc(N(c3ccccc3)c3ccc4ccc5c(N(c6cccc(-c7ccccc7)c6)c6cccc(-c7ccccc7)c6)ccc6ccc3c4c65)ccc12. The van der Waals surface area contributed by atoms with E-state index in [0.29, 0.717) is 11.8 Å². The lowest BCUT2D eigenvalue weighted by Crippen LogP contribution is -2.47. The van der Waals surface area contributed by atoms with Crippen LogP contribution in [0.4, 0.5) is 34.1 Å². The normalized spacial score (nSPS) is 19.1. The molecular weight excluding hydrogens is 845 g/mol. The summed E-state index contributed by atoms with van der Waals surface area (Å²) >= 11 is 0. The third kappa shape index (κ3) is 6.32. The van der Waals surface area contributed by atoms with E-state index in [4.69, 9.17) is 0 Å². The molecule has 2 nitrogen and oxygen atoms in total. The van der Waals surface area contributed by atoms with Crippen LogP contribution in [-0.2, 0) is 5.41 Å². The zero-order valence-corrected chi connectivity index (χ0v) is 39.6. The molecule has 70 heavy (non-hydrogen) atoms. The van der Waals surface area contributed by atoms with E-state index in [1.807, 2.05) is 0 Å². The summed E-state index contributed by atoms with van der Waals surface area (Å²) in [6, 6.07) is 86.3. The van der Waals surface area contributed by atoms with Crippen molar-refractivity contribution < 1.29 is 0 Å². The Labute approximate surface area is 411 Å². The minimum absolute atomic E-state index is 0.0727. The fourth-order valence-corrected chi connectivity index (χ4v) is 14.0. The lowest BCUT2D eigenvalue weighted by Gasteiger charge is -2.53. The number of nitrogens with zero attached hydrogens (tertiary/aromatic N) is 2. The van der Waals surface area contributed by atoms with Gasteiger partial charge in [0.25, 0.3) is 0 Å². The van der Waals surface area contributed by atoms with E-state index in [9.17, 15) is 0 Å². The maximum Gasteiger partial charge on any atom is 0.0540 e. The summed E-state index contributed by atoms with van der Waals surface area (Å²) in [5.41, 5.74) is 17.7. The van der Waals surface area contributed by atoms with Gasteiger partial charge in [-0.2, -0.15) is 0 Å². The number of fused-ring (bicyclic) bond motifs is 8. The highest BCUT2D eigenvalue weighted by molar-refractivity contribution is 6.28. The highest BCUT2D eigenvalue weighted by Crippen LogP contribution is 2.64. The Balaban J connectivity index is 0.965. The first kappa shape index (κ1) is 41.1. The summed E-state index contributed by atoms with van der Waals surface area (Å²) in [7, 11) is 0. The molecule has 0 amide bonds. The number of anilines is 6. The molecule has 0 heterocycles. The summed E-state index contributed by atoms with van der Waals surface area (Å²) in [6.45, 7) is 2.57. The van der Waals surface area contributed by atoms with Gasteiger partial charge in [0.05, 0.1) is 11.4 Å². The van der Waals surface area contributed by atoms with Crippen molar-refractivity contribution in [2.45, 2.75) is 44.4 Å². The van der Waals surface area contributed by atoms with Crippen LogP contribution in [0.1, 0.15) is 50.2 Å². The van der Waals surface area contributed by atoms with Gasteiger partial charge >= 0.3 is 0 Å². The van der Waals surface area contributed by atoms with E-state index in [-0.39, 0.29) is 5.41 Å². The maximum atomic E-state index is 2.57. The molecule has 11 aromatic carbocycles. The number of benzene rings is 11. The van der Waals surface area contributed by atoms with Crippen LogP contribution in [0, 0.1) is 17.8 Å². The van der Waals surface area contributed by atoms with Crippen LogP contribution in [0.3, 0.4) is 0 Å². The standard InChI is InChI=1S/C68H54N2/c1-45-40-46-16-13-23-53(41-46)68(45)62-29-12-11-28-58(62)61-44-57(34-37-63(61)68)69(54-24-9-4-10-25-54)64-38-32-49-31-36-60-65(39-33-50-30-35-59(64)66(49)67(50)60)70(55-26-14-21-51(42-55)47-17-5-2-6-18-47)56-27-15-22-52(43-56)48-19-7-3-8-20-48/h2-12,14-15,17-22,24-39,42-46,53H,13,16,23,40-41H2,1H3. The summed E-state index contributed by atoms with van der Waals surface area (Å²) in [6.07, 6.45) is 6.77. The van der Waals surface area contributed by atoms with Gasteiger partial charge in [-0.25, -0.2) is 0 Å². The first-order chi connectivity index (χ1) is 34.6. The largest absolute Gasteiger partial charge is 0.310 e. The highest BCUT2D eigenvalue weighted by Gasteiger charge is 2.55. The van der Waals surface area contributed by atoms with Crippen molar-refractivity contribution in [2.75, 3.05) is 9.80 Å². The molecule has 4 unspecified atom stereocenters. The molecule has 2 fully saturated rings. The Kier molecular flexibility index (Phi) is 9.59. The molecule has 11 aromatic rings. The van der Waals surface area contributed by atoms with Gasteiger partial charge in [-0.15, -0.1) is 0 Å². The summed E-state index contributed by atoms with van der Waals surface area (Å²) < 4.78 is 0. The van der Waals surface area contributed by atoms with Gasteiger partial charge in [0.2, 0.25) is 0 Å². The lowest BCUT2D eigenvalue weighted by molar-refractivity contribution is 0.0670. The summed E-state index contributed by atoms with van der Waals surface area (Å²) in [5, 5.41) is 7.52. The predicted molar refractivity (Wildman–Crippen MR) is 296 cm³/mol. The average Bonchev–Trinajstić information content (AvgIpc) is 3.72. The molecule has 4 atom stereocenters. The van der Waals surface area contributed by atoms with Gasteiger partial charge < -0.3 is 9.80 Å². The number of rotatable bonds is 8. The molecule has 3 aliphatic carbocycles. The molecule has 0 aliphatic heterocycles. The fourth-order valence-electron chi connectivity index (χ4n) is 14.0. The third-order valence-corrected chi connectivity index (χ3v) is 16.8. The molecule has 0 aromatic heterocycles. The molecule has 336 valence electrons. The molecule has 1 spiro atoms. The van der Waals surface area contributed by atoms with Crippen LogP contribution in [0.5, 0.6) is 0 Å². The molecule has 14 rings (SSSR count). The smallest absolute Gasteiger partial charge is 0.0540 e. The predicted octanol–water partition coefficient (Wildman–Crippen LogP) is 19.0. The van der Waals surface area contributed by atoms with Gasteiger partial charge in [-0.05, 0) is 164 Å². The van der Waals surface area contributed by atoms with E-state index in [2.05, 4.69) is 247 Å². The molecule has 2 heteroatoms. The van der Waals surface area contributed by atoms with Crippen molar-refractivity contribution in [1.29, 1.82) is 0 Å². The minimum atomic E-state index is 0.0727. The third-order valence-electron chi connectivity index (χ3n) is 16.8. The van der Waals surface area contributed by atoms with Crippen molar-refractivity contribution in [3.05, 3.63) is 242 Å². The summed E-state index contributed by atoms with van der Waals surface area (Å²) in [5.74, 6) is 2.16. The van der Waals surface area contributed by atoms with Gasteiger partial charge in [0, 0.05) is 38.9 Å². The van der Waals surface area contributed by atoms with Crippen molar-refractivity contribution >= 4 is 66.4 Å². The molecule has 2 bridgehead atoms. The Morgan fingerprint density at radius 2 is 0.886 bits per heavy atom. The van der Waals surface area contributed by atoms with Crippen molar-refractivity contribution in [3.8, 4) is 33.4 Å². The maximum absolute atomic E-state index is 2.57. The monoisotopic (exact) mass is 898 g/mol. The minimum Gasteiger partial charge on any atom is -0.310 e. The molecule has 3 aliphatic rings. The van der Waals surface area contributed by atoms with E-state index < -0.39 is 0 Å². The van der Waals surface area contributed by atoms with Crippen LogP contribution >= 0.6 is 0 Å². The fraction of sp³-hybridized carbons (Fsp3) is 0.147. The zero-order chi connectivity index (χ0) is 46.3. The molecule has 0 N–H and O–H groups in total. The van der Waals surface area contributed by atoms with E-state index in [1.54, 1.807) is 11.1 Å². The van der Waals surface area contributed by atoms with Crippen LogP contribution in [0.2, 0.25) is 0 Å². The first-order valence-electron chi connectivity index (χ1n) is 25.5. The van der Waals surface area contributed by atoms with E-state index in [1.165, 1.54) is 109 Å². The zero-order valence-electron chi connectivity index (χ0n) is 39.6. The number of hydrogen-bond acceptors (Lipinski definition) is 2. The van der Waals surface area contributed by atoms with Gasteiger partial charge in [0.1, 0.15) is 0 Å². The first-order valence-corrected chi connectivity index (χ1v) is 25.5. The Hall–Kier alpha value is -7.94. The van der Waals surface area contributed by atoms with E-state index >= 15 is 0 Å². The summed E-state index contributed by atoms with van der Waals surface area (Å²) in [4.78, 5) is 5.00. The Morgan fingerprint density at radius 3 is 1.51 bits per heavy atom. The molecule has 0 radical (unpaired) electrons. The molecular formula is C68H54N2. The van der Waals surface area contributed by atoms with Crippen molar-refractivity contribution in [2.24, 2.45) is 17.8 Å². The molecule has 2 saturated carbocycles. The topological polar surface area (TPSA) is 6.48 Å². The second-order valence-corrected chi connectivity index (χ2v) is 20.4. The molecule has 0 saturated heterocycles. The second-order valence-electron chi connectivity index (χ2n) is 20.4. The Bertz CT molecular complexity index is 3660. The van der Waals surface area contributed by atoms with Crippen LogP contribution in [0.15, 0.2) is 231 Å². The lowest BCUT2D eigenvalue weighted by atomic mass is 9.51. The van der Waals surface area contributed by atoms with E-state index in [0.717, 1.165) is 28.7 Å². The van der Waals surface area contributed by atoms with Crippen molar-refractivity contribution in [1.82, 2.24) is 0 Å².